The highest BCUT2D eigenvalue weighted by Gasteiger charge is 2.38. The fourth-order valence-electron chi connectivity index (χ4n) is 1.84. The summed E-state index contributed by atoms with van der Waals surface area (Å²) >= 11 is 0. The maximum absolute atomic E-state index is 11.7. The number of carboxylic acid groups (broad SMARTS) is 2. The number of carboxylic acids is 2. The van der Waals surface area contributed by atoms with Crippen LogP contribution in [-0.2, 0) is 14.4 Å². The number of allylic oxidation sites excluding steroid dienone is 2. The first-order valence-electron chi connectivity index (χ1n) is 7.82. The predicted molar refractivity (Wildman–Crippen MR) is 95.0 cm³/mol. The molecule has 0 saturated heterocycles. The quantitative estimate of drug-likeness (QED) is 0.300. The average Bonchev–Trinajstić information content (AvgIpc) is 2.54. The van der Waals surface area contributed by atoms with E-state index in [1.807, 2.05) is 0 Å². The van der Waals surface area contributed by atoms with E-state index in [-0.39, 0.29) is 12.3 Å². The highest BCUT2D eigenvalue weighted by atomic mass is 33.1. The Hall–Kier alpha value is -1.36. The lowest BCUT2D eigenvalue weighted by Gasteiger charge is -2.15. The van der Waals surface area contributed by atoms with Crippen LogP contribution in [0.25, 0.3) is 0 Å². The first kappa shape index (κ1) is 24.6. The van der Waals surface area contributed by atoms with Crippen LogP contribution >= 0.6 is 21.6 Å². The molecular formula is C15H22F3NO5S2. The molecule has 1 aliphatic rings. The van der Waals surface area contributed by atoms with Gasteiger partial charge in [0.15, 0.2) is 0 Å². The smallest absolute Gasteiger partial charge is 0.481 e. The maximum atomic E-state index is 11.7. The van der Waals surface area contributed by atoms with Crippen LogP contribution < -0.4 is 5.32 Å². The summed E-state index contributed by atoms with van der Waals surface area (Å²) in [6.07, 6.45) is 3.46. The summed E-state index contributed by atoms with van der Waals surface area (Å²) in [7, 11) is 3.15. The number of nitrogens with one attached hydrogen (secondary N) is 1. The molecule has 0 aromatic heterocycles. The van der Waals surface area contributed by atoms with Crippen molar-refractivity contribution in [2.24, 2.45) is 5.92 Å². The lowest BCUT2D eigenvalue weighted by molar-refractivity contribution is -0.192. The van der Waals surface area contributed by atoms with Gasteiger partial charge in [-0.25, -0.2) is 4.79 Å². The van der Waals surface area contributed by atoms with Crippen molar-refractivity contribution in [2.75, 3.05) is 18.1 Å². The molecule has 6 nitrogen and oxygen atoms in total. The predicted octanol–water partition coefficient (Wildman–Crippen LogP) is 3.34. The molecule has 3 N–H and O–H groups in total. The van der Waals surface area contributed by atoms with E-state index in [2.05, 4.69) is 17.5 Å². The molecule has 150 valence electrons. The standard InChI is InChI=1S/C13H21NO3S2.C2HF3O2/c15-12(10-11-4-2-1-3-5-11)14-7-9-19-18-8-6-13(16)17;3-2(4,5)1(6)7/h2,4,11H,1,3,5-10H2,(H,14,15)(H,16,17);(H,6,7). The van der Waals surface area contributed by atoms with Gasteiger partial charge in [0, 0.05) is 24.5 Å². The first-order chi connectivity index (χ1) is 12.1. The Bertz CT molecular complexity index is 486. The molecule has 1 atom stereocenters. The molecule has 11 heteroatoms. The molecule has 1 amide bonds. The lowest BCUT2D eigenvalue weighted by Crippen LogP contribution is -2.27. The molecule has 0 heterocycles. The molecule has 1 rings (SSSR count). The van der Waals surface area contributed by atoms with Gasteiger partial charge in [-0.1, -0.05) is 33.7 Å². The number of alkyl halides is 3. The van der Waals surface area contributed by atoms with Crippen molar-refractivity contribution < 1.29 is 37.8 Å². The zero-order chi connectivity index (χ0) is 20.0. The molecule has 0 bridgehead atoms. The van der Waals surface area contributed by atoms with Crippen molar-refractivity contribution >= 4 is 39.4 Å². The minimum atomic E-state index is -5.08. The summed E-state index contributed by atoms with van der Waals surface area (Å²) in [6.45, 7) is 0.653. The van der Waals surface area contributed by atoms with Crippen LogP contribution in [0, 0.1) is 5.92 Å². The topological polar surface area (TPSA) is 104 Å². The SMILES string of the molecule is O=C(O)C(F)(F)F.O=C(O)CCSSCCNC(=O)CC1C=CCCC1. The zero-order valence-electron chi connectivity index (χ0n) is 14.0. The second-order valence-corrected chi connectivity index (χ2v) is 7.97. The third-order valence-electron chi connectivity index (χ3n) is 3.03. The van der Waals surface area contributed by atoms with Crippen LogP contribution in [0.15, 0.2) is 12.2 Å². The van der Waals surface area contributed by atoms with Crippen LogP contribution in [0.1, 0.15) is 32.1 Å². The van der Waals surface area contributed by atoms with Gasteiger partial charge in [0.25, 0.3) is 0 Å². The number of amides is 1. The number of hydrogen-bond donors (Lipinski definition) is 3. The largest absolute Gasteiger partial charge is 0.490 e. The van der Waals surface area contributed by atoms with E-state index in [9.17, 15) is 22.8 Å². The van der Waals surface area contributed by atoms with Gasteiger partial charge in [-0.2, -0.15) is 13.2 Å². The van der Waals surface area contributed by atoms with Gasteiger partial charge in [0.2, 0.25) is 5.91 Å². The summed E-state index contributed by atoms with van der Waals surface area (Å²) < 4.78 is 31.7. The Morgan fingerprint density at radius 3 is 2.27 bits per heavy atom. The highest BCUT2D eigenvalue weighted by Crippen LogP contribution is 2.21. The molecule has 0 aromatic rings. The van der Waals surface area contributed by atoms with E-state index in [0.29, 0.717) is 24.6 Å². The van der Waals surface area contributed by atoms with Crippen LogP contribution in [-0.4, -0.2) is 52.3 Å². The van der Waals surface area contributed by atoms with Gasteiger partial charge < -0.3 is 15.5 Å². The van der Waals surface area contributed by atoms with E-state index in [0.717, 1.165) is 18.6 Å². The second-order valence-electron chi connectivity index (χ2n) is 5.26. The molecule has 0 saturated carbocycles. The molecule has 0 spiro atoms. The third-order valence-corrected chi connectivity index (χ3v) is 5.44. The summed E-state index contributed by atoms with van der Waals surface area (Å²) in [6, 6.07) is 0. The number of rotatable bonds is 9. The van der Waals surface area contributed by atoms with E-state index in [1.165, 1.54) is 6.42 Å². The molecular weight excluding hydrogens is 395 g/mol. The average molecular weight is 417 g/mol. The molecule has 26 heavy (non-hydrogen) atoms. The minimum absolute atomic E-state index is 0.118. The minimum Gasteiger partial charge on any atom is -0.481 e. The molecule has 0 radical (unpaired) electrons. The van der Waals surface area contributed by atoms with Crippen molar-refractivity contribution in [2.45, 2.75) is 38.3 Å². The van der Waals surface area contributed by atoms with Crippen LogP contribution in [0.2, 0.25) is 0 Å². The van der Waals surface area contributed by atoms with Gasteiger partial charge in [0.1, 0.15) is 0 Å². The van der Waals surface area contributed by atoms with Crippen LogP contribution in [0.5, 0.6) is 0 Å². The highest BCUT2D eigenvalue weighted by molar-refractivity contribution is 8.76. The lowest BCUT2D eigenvalue weighted by atomic mass is 9.93. The Kier molecular flexibility index (Phi) is 13.1. The number of hydrogen-bond acceptors (Lipinski definition) is 5. The van der Waals surface area contributed by atoms with Gasteiger partial charge in [0.05, 0.1) is 6.42 Å². The fraction of sp³-hybridized carbons (Fsp3) is 0.667. The van der Waals surface area contributed by atoms with Gasteiger partial charge in [-0.05, 0) is 25.2 Å². The summed E-state index contributed by atoms with van der Waals surface area (Å²) in [4.78, 5) is 30.8. The van der Waals surface area contributed by atoms with Crippen LogP contribution in [0.4, 0.5) is 13.2 Å². The summed E-state index contributed by atoms with van der Waals surface area (Å²) in [5.41, 5.74) is 0. The third kappa shape index (κ3) is 14.9. The number of halogens is 3. The molecule has 0 aliphatic heterocycles. The fourth-order valence-corrected chi connectivity index (χ4v) is 3.73. The normalized spacial score (nSPS) is 16.3. The summed E-state index contributed by atoms with van der Waals surface area (Å²) in [5.74, 6) is -1.56. The van der Waals surface area contributed by atoms with Crippen molar-refractivity contribution in [3.63, 3.8) is 0 Å². The Balaban J connectivity index is 0.000000758. The van der Waals surface area contributed by atoms with Crippen molar-refractivity contribution in [1.29, 1.82) is 0 Å². The van der Waals surface area contributed by atoms with E-state index >= 15 is 0 Å². The van der Waals surface area contributed by atoms with E-state index in [4.69, 9.17) is 15.0 Å². The molecule has 0 fully saturated rings. The molecule has 0 aromatic carbocycles. The van der Waals surface area contributed by atoms with Gasteiger partial charge >= 0.3 is 18.1 Å². The van der Waals surface area contributed by atoms with Gasteiger partial charge in [-0.15, -0.1) is 0 Å². The van der Waals surface area contributed by atoms with Crippen LogP contribution in [0.3, 0.4) is 0 Å². The maximum Gasteiger partial charge on any atom is 0.490 e. The number of carbonyl (C=O) groups is 3. The second kappa shape index (κ2) is 13.8. The Morgan fingerprint density at radius 1 is 1.15 bits per heavy atom. The first-order valence-corrected chi connectivity index (χ1v) is 10.3. The number of aliphatic carboxylic acids is 2. The molecule has 1 unspecified atom stereocenters. The Morgan fingerprint density at radius 2 is 1.77 bits per heavy atom. The summed E-state index contributed by atoms with van der Waals surface area (Å²) in [5, 5.41) is 18.5. The van der Waals surface area contributed by atoms with E-state index in [1.54, 1.807) is 21.6 Å². The zero-order valence-corrected chi connectivity index (χ0v) is 15.6. The van der Waals surface area contributed by atoms with Crippen molar-refractivity contribution in [1.82, 2.24) is 5.32 Å². The molecule has 1 aliphatic carbocycles. The number of carbonyl (C=O) groups excluding carboxylic acids is 1. The van der Waals surface area contributed by atoms with Crippen molar-refractivity contribution in [3.05, 3.63) is 12.2 Å². The van der Waals surface area contributed by atoms with E-state index < -0.39 is 18.1 Å². The van der Waals surface area contributed by atoms with Gasteiger partial charge in [-0.3, -0.25) is 9.59 Å². The van der Waals surface area contributed by atoms with Crippen molar-refractivity contribution in [3.8, 4) is 0 Å². The Labute approximate surface area is 157 Å². The monoisotopic (exact) mass is 417 g/mol.